The van der Waals surface area contributed by atoms with E-state index in [2.05, 4.69) is 14.9 Å². The number of nitrogens with zero attached hydrogens (tertiary/aromatic N) is 3. The van der Waals surface area contributed by atoms with Gasteiger partial charge in [-0.2, -0.15) is 0 Å². The fourth-order valence-corrected chi connectivity index (χ4v) is 4.41. The van der Waals surface area contributed by atoms with Gasteiger partial charge in [0.25, 0.3) is 0 Å². The van der Waals surface area contributed by atoms with E-state index in [9.17, 15) is 10.2 Å². The van der Waals surface area contributed by atoms with E-state index in [-0.39, 0.29) is 6.61 Å². The Morgan fingerprint density at radius 2 is 1.69 bits per heavy atom. The number of ether oxygens (including phenoxy) is 1. The summed E-state index contributed by atoms with van der Waals surface area (Å²) in [7, 11) is 0. The van der Waals surface area contributed by atoms with Gasteiger partial charge in [0.15, 0.2) is 0 Å². The average Bonchev–Trinajstić information content (AvgIpc) is 2.84. The van der Waals surface area contributed by atoms with Gasteiger partial charge in [-0.15, -0.1) is 0 Å². The van der Waals surface area contributed by atoms with Gasteiger partial charge in [0.05, 0.1) is 16.6 Å². The second-order valence-corrected chi connectivity index (χ2v) is 8.57. The van der Waals surface area contributed by atoms with Crippen LogP contribution in [0.1, 0.15) is 18.4 Å². The molecule has 3 heterocycles. The van der Waals surface area contributed by atoms with Crippen molar-refractivity contribution in [2.75, 3.05) is 26.2 Å². The third-order valence-corrected chi connectivity index (χ3v) is 6.30. The Morgan fingerprint density at radius 3 is 2.56 bits per heavy atom. The topological polar surface area (TPSA) is 78.7 Å². The molecule has 6 nitrogen and oxygen atoms in total. The van der Waals surface area contributed by atoms with Crippen molar-refractivity contribution in [1.82, 2.24) is 14.9 Å². The van der Waals surface area contributed by atoms with E-state index >= 15 is 0 Å². The number of para-hydroxylation sites is 1. The van der Waals surface area contributed by atoms with Crippen LogP contribution in [0.3, 0.4) is 0 Å². The Kier molecular flexibility index (Phi) is 5.74. The van der Waals surface area contributed by atoms with Gasteiger partial charge in [-0.1, -0.05) is 24.3 Å². The lowest BCUT2D eigenvalue weighted by Gasteiger charge is -2.39. The Hall–Kier alpha value is -3.06. The molecule has 0 unspecified atom stereocenters. The van der Waals surface area contributed by atoms with Crippen molar-refractivity contribution < 1.29 is 14.9 Å². The number of β-amino-alcohol motifs (C(OH)–C–C–N with tert-alkyl or cyclic N) is 1. The zero-order valence-electron chi connectivity index (χ0n) is 17.9. The maximum absolute atomic E-state index is 11.2. The molecule has 6 heteroatoms. The highest BCUT2D eigenvalue weighted by molar-refractivity contribution is 5.80. The summed E-state index contributed by atoms with van der Waals surface area (Å²) >= 11 is 0. The summed E-state index contributed by atoms with van der Waals surface area (Å²) in [5.74, 6) is 0.723. The summed E-state index contributed by atoms with van der Waals surface area (Å²) in [6.07, 6.45) is 4.17. The van der Waals surface area contributed by atoms with Crippen LogP contribution >= 0.6 is 0 Å². The summed E-state index contributed by atoms with van der Waals surface area (Å²) in [6, 6.07) is 19.6. The first-order valence-corrected chi connectivity index (χ1v) is 11.0. The molecule has 2 N–H and O–H groups in total. The molecule has 1 aliphatic rings. The minimum atomic E-state index is -0.881. The second-order valence-electron chi connectivity index (χ2n) is 8.57. The van der Waals surface area contributed by atoms with Gasteiger partial charge >= 0.3 is 0 Å². The van der Waals surface area contributed by atoms with Gasteiger partial charge in [-0.3, -0.25) is 9.97 Å². The first-order valence-electron chi connectivity index (χ1n) is 11.0. The number of likely N-dealkylation sites (tertiary alicyclic amines) is 1. The molecule has 4 aromatic rings. The third-order valence-electron chi connectivity index (χ3n) is 6.30. The fourth-order valence-electron chi connectivity index (χ4n) is 4.41. The maximum atomic E-state index is 11.2. The molecule has 164 valence electrons. The summed E-state index contributed by atoms with van der Waals surface area (Å²) < 4.78 is 5.81. The summed E-state index contributed by atoms with van der Waals surface area (Å²) in [5, 5.41) is 23.8. The minimum Gasteiger partial charge on any atom is -0.491 e. The normalized spacial score (nSPS) is 17.4. The first kappa shape index (κ1) is 20.8. The van der Waals surface area contributed by atoms with E-state index in [1.165, 1.54) is 0 Å². The average molecular weight is 430 g/mol. The number of rotatable bonds is 6. The van der Waals surface area contributed by atoms with E-state index in [4.69, 9.17) is 4.74 Å². The van der Waals surface area contributed by atoms with Gasteiger partial charge < -0.3 is 19.8 Å². The number of hydrogen-bond donors (Lipinski definition) is 2. The van der Waals surface area contributed by atoms with Crippen molar-refractivity contribution in [1.29, 1.82) is 0 Å². The summed E-state index contributed by atoms with van der Waals surface area (Å²) in [5.41, 5.74) is 1.84. The highest BCUT2D eigenvalue weighted by Crippen LogP contribution is 2.33. The van der Waals surface area contributed by atoms with Gasteiger partial charge in [0, 0.05) is 48.4 Å². The third kappa shape index (κ3) is 4.43. The molecular weight excluding hydrogens is 402 g/mol. The van der Waals surface area contributed by atoms with Crippen LogP contribution in [-0.4, -0.2) is 57.4 Å². The van der Waals surface area contributed by atoms with Crippen LogP contribution in [0.2, 0.25) is 0 Å². The van der Waals surface area contributed by atoms with Crippen molar-refractivity contribution in [3.63, 3.8) is 0 Å². The molecule has 0 amide bonds. The molecule has 1 atom stereocenters. The van der Waals surface area contributed by atoms with Crippen LogP contribution in [0.5, 0.6) is 5.75 Å². The molecular formula is C26H27N3O3. The van der Waals surface area contributed by atoms with Crippen molar-refractivity contribution in [3.8, 4) is 5.75 Å². The molecule has 0 saturated carbocycles. The first-order chi connectivity index (χ1) is 15.6. The number of benzene rings is 2. The van der Waals surface area contributed by atoms with Crippen molar-refractivity contribution >= 4 is 21.8 Å². The number of pyridine rings is 2. The molecule has 1 fully saturated rings. The Morgan fingerprint density at radius 1 is 0.938 bits per heavy atom. The predicted octanol–water partition coefficient (Wildman–Crippen LogP) is 3.51. The predicted molar refractivity (Wildman–Crippen MR) is 125 cm³/mol. The number of fused-ring (bicyclic) bond motifs is 2. The molecule has 0 radical (unpaired) electrons. The Balaban J connectivity index is 1.15. The van der Waals surface area contributed by atoms with Gasteiger partial charge in [-0.05, 0) is 49.2 Å². The fraction of sp³-hybridized carbons (Fsp3) is 0.308. The number of hydrogen-bond acceptors (Lipinski definition) is 6. The number of aromatic nitrogens is 2. The zero-order chi connectivity index (χ0) is 22.0. The number of piperidine rings is 1. The van der Waals surface area contributed by atoms with E-state index in [0.717, 1.165) is 33.1 Å². The van der Waals surface area contributed by atoms with E-state index in [1.807, 2.05) is 60.7 Å². The van der Waals surface area contributed by atoms with Gasteiger partial charge in [-0.25, -0.2) is 0 Å². The van der Waals surface area contributed by atoms with Crippen LogP contribution in [0.4, 0.5) is 0 Å². The molecule has 2 aromatic carbocycles. The van der Waals surface area contributed by atoms with Crippen LogP contribution in [0.25, 0.3) is 21.8 Å². The Bertz CT molecular complexity index is 1220. The summed E-state index contributed by atoms with van der Waals surface area (Å²) in [6.45, 7) is 2.16. The van der Waals surface area contributed by atoms with Crippen molar-refractivity contribution in [3.05, 3.63) is 78.6 Å². The summed E-state index contributed by atoms with van der Waals surface area (Å²) in [4.78, 5) is 11.0. The standard InChI is InChI=1S/C26H27N3O3/c30-22(18-32-23-7-8-25-20(15-23)5-3-11-27-25)17-29-12-9-26(31,10-13-29)21-14-19-4-1-2-6-24(19)28-16-21/h1-8,11,14-16,22,30-31H,9-10,12-13,17-18H2/t22-/m0/s1. The number of aliphatic hydroxyl groups is 2. The molecule has 2 aromatic heterocycles. The van der Waals surface area contributed by atoms with Crippen LogP contribution in [-0.2, 0) is 5.60 Å². The monoisotopic (exact) mass is 429 g/mol. The molecule has 0 bridgehead atoms. The lowest BCUT2D eigenvalue weighted by atomic mass is 9.84. The van der Waals surface area contributed by atoms with Crippen LogP contribution in [0.15, 0.2) is 73.1 Å². The minimum absolute atomic E-state index is 0.223. The van der Waals surface area contributed by atoms with Crippen molar-refractivity contribution in [2.24, 2.45) is 0 Å². The highest BCUT2D eigenvalue weighted by atomic mass is 16.5. The molecule has 0 spiro atoms. The lowest BCUT2D eigenvalue weighted by molar-refractivity contribution is -0.0373. The SMILES string of the molecule is O[C@H](COc1ccc2ncccc2c1)CN1CCC(O)(c2cnc3ccccc3c2)CC1. The smallest absolute Gasteiger partial charge is 0.120 e. The Labute approximate surface area is 187 Å². The maximum Gasteiger partial charge on any atom is 0.120 e. The molecule has 0 aliphatic carbocycles. The lowest BCUT2D eigenvalue weighted by Crippen LogP contribution is -2.46. The zero-order valence-corrected chi connectivity index (χ0v) is 17.9. The van der Waals surface area contributed by atoms with Crippen molar-refractivity contribution in [2.45, 2.75) is 24.5 Å². The number of aliphatic hydroxyl groups excluding tert-OH is 1. The van der Waals surface area contributed by atoms with Crippen LogP contribution < -0.4 is 4.74 Å². The molecule has 1 saturated heterocycles. The molecule has 5 rings (SSSR count). The second kappa shape index (κ2) is 8.82. The van der Waals surface area contributed by atoms with E-state index in [0.29, 0.717) is 32.5 Å². The van der Waals surface area contributed by atoms with Gasteiger partial charge in [0.2, 0.25) is 0 Å². The van der Waals surface area contributed by atoms with Crippen LogP contribution in [0, 0.1) is 0 Å². The molecule has 32 heavy (non-hydrogen) atoms. The highest BCUT2D eigenvalue weighted by Gasteiger charge is 2.34. The molecule has 1 aliphatic heterocycles. The van der Waals surface area contributed by atoms with Gasteiger partial charge in [0.1, 0.15) is 18.5 Å². The quantitative estimate of drug-likeness (QED) is 0.488. The largest absolute Gasteiger partial charge is 0.491 e. The van der Waals surface area contributed by atoms with E-state index < -0.39 is 11.7 Å². The van der Waals surface area contributed by atoms with E-state index in [1.54, 1.807) is 12.4 Å².